The van der Waals surface area contributed by atoms with Gasteiger partial charge in [-0.1, -0.05) is 0 Å². The van der Waals surface area contributed by atoms with E-state index in [2.05, 4.69) is 9.97 Å². The molecular weight excluding hydrogens is 272 g/mol. The Labute approximate surface area is 120 Å². The Balaban J connectivity index is 2.26. The van der Waals surface area contributed by atoms with Crippen LogP contribution in [-0.2, 0) is 11.3 Å². The molecule has 3 rings (SSSR count). The normalized spacial score (nSPS) is 11.0. The van der Waals surface area contributed by atoms with Crippen molar-refractivity contribution in [2.45, 2.75) is 6.61 Å². The number of oxazole rings is 1. The first kappa shape index (κ1) is 13.4. The fourth-order valence-corrected chi connectivity index (χ4v) is 2.28. The second-order valence-electron chi connectivity index (χ2n) is 4.56. The van der Waals surface area contributed by atoms with Crippen LogP contribution >= 0.6 is 0 Å². The first-order chi connectivity index (χ1) is 10.2. The van der Waals surface area contributed by atoms with E-state index in [9.17, 15) is 4.79 Å². The van der Waals surface area contributed by atoms with Crippen molar-refractivity contribution in [3.63, 3.8) is 0 Å². The van der Waals surface area contributed by atoms with E-state index in [-0.39, 0.29) is 5.43 Å². The van der Waals surface area contributed by atoms with Crippen LogP contribution in [0.5, 0.6) is 5.75 Å². The van der Waals surface area contributed by atoms with E-state index in [4.69, 9.17) is 13.9 Å². The molecule has 0 saturated heterocycles. The molecule has 108 valence electrons. The average molecular weight is 286 g/mol. The Hall–Kier alpha value is -2.60. The molecule has 0 radical (unpaired) electrons. The lowest BCUT2D eigenvalue weighted by Gasteiger charge is -2.09. The summed E-state index contributed by atoms with van der Waals surface area (Å²) in [5.41, 5.74) is 2.01. The zero-order valence-electron chi connectivity index (χ0n) is 11.7. The minimum absolute atomic E-state index is 0.0841. The number of hydrogen-bond acceptors (Lipinski definition) is 5. The maximum atomic E-state index is 12.2. The lowest BCUT2D eigenvalue weighted by Crippen LogP contribution is -2.06. The Morgan fingerprint density at radius 3 is 2.81 bits per heavy atom. The van der Waals surface area contributed by atoms with Gasteiger partial charge in [-0.05, 0) is 6.07 Å². The van der Waals surface area contributed by atoms with Gasteiger partial charge in [0.15, 0.2) is 17.6 Å². The number of aromatic nitrogens is 2. The first-order valence-electron chi connectivity index (χ1n) is 6.34. The van der Waals surface area contributed by atoms with Gasteiger partial charge in [-0.2, -0.15) is 0 Å². The van der Waals surface area contributed by atoms with E-state index in [0.29, 0.717) is 40.3 Å². The molecule has 0 aliphatic heterocycles. The fourth-order valence-electron chi connectivity index (χ4n) is 2.28. The molecule has 1 aromatic carbocycles. The van der Waals surface area contributed by atoms with Crippen molar-refractivity contribution in [3.8, 4) is 17.1 Å². The molecule has 0 aliphatic rings. The number of H-pyrrole nitrogens is 1. The van der Waals surface area contributed by atoms with Crippen LogP contribution in [0.25, 0.3) is 22.2 Å². The smallest absolute Gasteiger partial charge is 0.189 e. The van der Waals surface area contributed by atoms with Crippen molar-refractivity contribution in [1.29, 1.82) is 0 Å². The molecule has 0 saturated carbocycles. The van der Waals surface area contributed by atoms with Crippen LogP contribution in [0.1, 0.15) is 5.69 Å². The van der Waals surface area contributed by atoms with Crippen LogP contribution in [0, 0.1) is 0 Å². The minimum atomic E-state index is -0.0841. The van der Waals surface area contributed by atoms with Crippen LogP contribution in [0.4, 0.5) is 0 Å². The SMILES string of the molecule is COCc1cc(=O)c2cc(-c3cnco3)c(OC)cc2[nH]1. The Morgan fingerprint density at radius 1 is 1.29 bits per heavy atom. The van der Waals surface area contributed by atoms with E-state index < -0.39 is 0 Å². The number of benzene rings is 1. The Bertz CT molecular complexity index is 822. The molecule has 0 aliphatic carbocycles. The van der Waals surface area contributed by atoms with Crippen LogP contribution < -0.4 is 10.2 Å². The quantitative estimate of drug-likeness (QED) is 0.796. The fraction of sp³-hybridized carbons (Fsp3) is 0.200. The van der Waals surface area contributed by atoms with Gasteiger partial charge in [0.05, 0.1) is 31.0 Å². The van der Waals surface area contributed by atoms with Crippen molar-refractivity contribution in [1.82, 2.24) is 9.97 Å². The number of pyridine rings is 1. The zero-order chi connectivity index (χ0) is 14.8. The molecule has 0 fully saturated rings. The van der Waals surface area contributed by atoms with Gasteiger partial charge in [0.25, 0.3) is 0 Å². The summed E-state index contributed by atoms with van der Waals surface area (Å²) in [6.07, 6.45) is 2.92. The highest BCUT2D eigenvalue weighted by Gasteiger charge is 2.13. The molecule has 1 N–H and O–H groups in total. The van der Waals surface area contributed by atoms with Crippen LogP contribution in [0.2, 0.25) is 0 Å². The zero-order valence-corrected chi connectivity index (χ0v) is 11.7. The van der Waals surface area contributed by atoms with Gasteiger partial charge < -0.3 is 18.9 Å². The molecule has 0 amide bonds. The van der Waals surface area contributed by atoms with E-state index in [0.717, 1.165) is 0 Å². The molecule has 6 nitrogen and oxygen atoms in total. The number of aromatic amines is 1. The van der Waals surface area contributed by atoms with Crippen molar-refractivity contribution in [3.05, 3.63) is 46.7 Å². The summed E-state index contributed by atoms with van der Waals surface area (Å²) in [7, 11) is 3.15. The summed E-state index contributed by atoms with van der Waals surface area (Å²) in [5.74, 6) is 1.15. The number of rotatable bonds is 4. The summed E-state index contributed by atoms with van der Waals surface area (Å²) < 4.78 is 15.7. The highest BCUT2D eigenvalue weighted by Crippen LogP contribution is 2.32. The highest BCUT2D eigenvalue weighted by molar-refractivity contribution is 5.87. The number of nitrogens with one attached hydrogen (secondary N) is 1. The third-order valence-corrected chi connectivity index (χ3v) is 3.20. The second-order valence-corrected chi connectivity index (χ2v) is 4.56. The van der Waals surface area contributed by atoms with Gasteiger partial charge in [0, 0.05) is 30.3 Å². The molecule has 3 aromatic rings. The lowest BCUT2D eigenvalue weighted by molar-refractivity contribution is 0.181. The van der Waals surface area contributed by atoms with Gasteiger partial charge >= 0.3 is 0 Å². The number of hydrogen-bond donors (Lipinski definition) is 1. The monoisotopic (exact) mass is 286 g/mol. The molecule has 0 atom stereocenters. The number of nitrogens with zero attached hydrogens (tertiary/aromatic N) is 1. The van der Waals surface area contributed by atoms with Crippen LogP contribution in [-0.4, -0.2) is 24.2 Å². The molecule has 0 unspecified atom stereocenters. The highest BCUT2D eigenvalue weighted by atomic mass is 16.5. The first-order valence-corrected chi connectivity index (χ1v) is 6.34. The van der Waals surface area contributed by atoms with E-state index >= 15 is 0 Å². The second kappa shape index (κ2) is 5.41. The van der Waals surface area contributed by atoms with Crippen molar-refractivity contribution in [2.75, 3.05) is 14.2 Å². The van der Waals surface area contributed by atoms with Crippen LogP contribution in [0.15, 0.2) is 40.0 Å². The third kappa shape index (κ3) is 2.41. The summed E-state index contributed by atoms with van der Waals surface area (Å²) in [4.78, 5) is 19.3. The third-order valence-electron chi connectivity index (χ3n) is 3.20. The van der Waals surface area contributed by atoms with E-state index in [1.807, 2.05) is 0 Å². The summed E-state index contributed by atoms with van der Waals surface area (Å²) in [6, 6.07) is 5.04. The van der Waals surface area contributed by atoms with Gasteiger partial charge in [-0.3, -0.25) is 4.79 Å². The molecular formula is C15H14N2O4. The van der Waals surface area contributed by atoms with Crippen LogP contribution in [0.3, 0.4) is 0 Å². The van der Waals surface area contributed by atoms with Crippen molar-refractivity contribution in [2.24, 2.45) is 0 Å². The van der Waals surface area contributed by atoms with Gasteiger partial charge in [0.2, 0.25) is 0 Å². The molecule has 0 spiro atoms. The van der Waals surface area contributed by atoms with Gasteiger partial charge in [-0.15, -0.1) is 0 Å². The maximum Gasteiger partial charge on any atom is 0.189 e. The molecule has 2 aromatic heterocycles. The summed E-state index contributed by atoms with van der Waals surface area (Å²) >= 11 is 0. The average Bonchev–Trinajstić information content (AvgIpc) is 3.00. The minimum Gasteiger partial charge on any atom is -0.496 e. The van der Waals surface area contributed by atoms with Crippen molar-refractivity contribution >= 4 is 10.9 Å². The van der Waals surface area contributed by atoms with Crippen molar-refractivity contribution < 1.29 is 13.9 Å². The molecule has 2 heterocycles. The number of methoxy groups -OCH3 is 2. The van der Waals surface area contributed by atoms with Gasteiger partial charge in [0.1, 0.15) is 5.75 Å². The Kier molecular flexibility index (Phi) is 3.45. The Morgan fingerprint density at radius 2 is 2.14 bits per heavy atom. The molecule has 0 bridgehead atoms. The molecule has 21 heavy (non-hydrogen) atoms. The number of ether oxygens (including phenoxy) is 2. The lowest BCUT2D eigenvalue weighted by atomic mass is 10.1. The van der Waals surface area contributed by atoms with E-state index in [1.54, 1.807) is 32.5 Å². The van der Waals surface area contributed by atoms with Gasteiger partial charge in [-0.25, -0.2) is 4.98 Å². The predicted octanol–water partition coefficient (Wildman–Crippen LogP) is 2.34. The summed E-state index contributed by atoms with van der Waals surface area (Å²) in [6.45, 7) is 0.345. The predicted molar refractivity (Wildman–Crippen MR) is 77.3 cm³/mol. The largest absolute Gasteiger partial charge is 0.496 e. The summed E-state index contributed by atoms with van der Waals surface area (Å²) in [5, 5.41) is 0.557. The number of fused-ring (bicyclic) bond motifs is 1. The molecule has 6 heteroatoms. The standard InChI is InChI=1S/C15H14N2O4/c1-19-7-9-3-13(18)10-4-11(15-6-16-8-21-15)14(20-2)5-12(10)17-9/h3-6,8H,7H2,1-2H3,(H,17,18). The van der Waals surface area contributed by atoms with E-state index in [1.165, 1.54) is 12.5 Å². The maximum absolute atomic E-state index is 12.2. The topological polar surface area (TPSA) is 77.3 Å².